The first-order valence-corrected chi connectivity index (χ1v) is 7.30. The largest absolute Gasteiger partial charge is 0.397 e. The highest BCUT2D eigenvalue weighted by molar-refractivity contribution is 6.31. The van der Waals surface area contributed by atoms with Crippen molar-refractivity contribution in [1.82, 2.24) is 0 Å². The first-order valence-electron chi connectivity index (χ1n) is 6.92. The molecule has 2 unspecified atom stereocenters. The van der Waals surface area contributed by atoms with Crippen LogP contribution < -0.4 is 10.6 Å². The predicted molar refractivity (Wildman–Crippen MR) is 78.2 cm³/mol. The molecule has 2 aliphatic carbocycles. The fourth-order valence-electron chi connectivity index (χ4n) is 3.51. The number of halogens is 1. The van der Waals surface area contributed by atoms with Crippen molar-refractivity contribution in [2.45, 2.75) is 25.7 Å². The van der Waals surface area contributed by atoms with Crippen molar-refractivity contribution in [1.29, 1.82) is 0 Å². The average molecular weight is 279 g/mol. The molecule has 0 saturated heterocycles. The Labute approximate surface area is 118 Å². The van der Waals surface area contributed by atoms with Crippen LogP contribution in [0.5, 0.6) is 0 Å². The predicted octanol–water partition coefficient (Wildman–Crippen LogP) is 3.32. The lowest BCUT2D eigenvalue weighted by Crippen LogP contribution is -2.29. The van der Waals surface area contributed by atoms with E-state index in [4.69, 9.17) is 17.3 Å². The number of nitrogens with two attached hydrogens (primary N) is 1. The molecule has 1 aromatic rings. The zero-order chi connectivity index (χ0) is 13.6. The quantitative estimate of drug-likeness (QED) is 0.844. The smallest absolute Gasteiger partial charge is 0.230 e. The first-order chi connectivity index (χ1) is 9.09. The number of amides is 1. The van der Waals surface area contributed by atoms with Crippen LogP contribution in [0, 0.1) is 17.8 Å². The van der Waals surface area contributed by atoms with E-state index >= 15 is 0 Å². The Bertz CT molecular complexity index is 505. The van der Waals surface area contributed by atoms with Crippen LogP contribution >= 0.6 is 11.6 Å². The van der Waals surface area contributed by atoms with E-state index in [0.717, 1.165) is 5.69 Å². The van der Waals surface area contributed by atoms with Gasteiger partial charge in [-0.3, -0.25) is 4.79 Å². The summed E-state index contributed by atoms with van der Waals surface area (Å²) in [5, 5.41) is 0.608. The Balaban J connectivity index is 1.78. The van der Waals surface area contributed by atoms with E-state index in [1.54, 1.807) is 30.1 Å². The summed E-state index contributed by atoms with van der Waals surface area (Å²) in [6.07, 6.45) is 4.96. The Morgan fingerprint density at radius 3 is 2.58 bits per heavy atom. The van der Waals surface area contributed by atoms with Gasteiger partial charge in [0.1, 0.15) is 0 Å². The van der Waals surface area contributed by atoms with Crippen LogP contribution in [0.3, 0.4) is 0 Å². The molecule has 0 spiro atoms. The number of nitrogen functional groups attached to an aromatic ring is 1. The highest BCUT2D eigenvalue weighted by Crippen LogP contribution is 2.56. The van der Waals surface area contributed by atoms with E-state index in [2.05, 4.69) is 0 Å². The van der Waals surface area contributed by atoms with E-state index < -0.39 is 0 Å². The minimum atomic E-state index is 0.200. The highest BCUT2D eigenvalue weighted by atomic mass is 35.5. The number of carbonyl (C=O) groups excluding carboxylic acids is 1. The Hall–Kier alpha value is -1.22. The van der Waals surface area contributed by atoms with E-state index in [-0.39, 0.29) is 11.8 Å². The molecule has 1 amide bonds. The number of hydrogen-bond donors (Lipinski definition) is 1. The first kappa shape index (κ1) is 12.8. The molecule has 3 rings (SSSR count). The Morgan fingerprint density at radius 1 is 1.32 bits per heavy atom. The second-order valence-corrected chi connectivity index (χ2v) is 6.17. The second-order valence-electron chi connectivity index (χ2n) is 5.74. The Kier molecular flexibility index (Phi) is 3.17. The van der Waals surface area contributed by atoms with Crippen LogP contribution in [-0.4, -0.2) is 13.0 Å². The van der Waals surface area contributed by atoms with E-state index in [9.17, 15) is 4.79 Å². The maximum absolute atomic E-state index is 12.6. The maximum atomic E-state index is 12.6. The van der Waals surface area contributed by atoms with Crippen molar-refractivity contribution in [2.75, 3.05) is 17.7 Å². The number of benzene rings is 1. The molecule has 0 heterocycles. The van der Waals surface area contributed by atoms with Gasteiger partial charge >= 0.3 is 0 Å². The molecule has 0 bridgehead atoms. The third-order valence-corrected chi connectivity index (χ3v) is 4.86. The van der Waals surface area contributed by atoms with Crippen LogP contribution in [0.15, 0.2) is 18.2 Å². The van der Waals surface area contributed by atoms with Gasteiger partial charge in [-0.05, 0) is 42.9 Å². The lowest BCUT2D eigenvalue weighted by molar-refractivity contribution is -0.120. The molecule has 0 aliphatic heterocycles. The molecule has 2 saturated carbocycles. The topological polar surface area (TPSA) is 46.3 Å². The summed E-state index contributed by atoms with van der Waals surface area (Å²) in [7, 11) is 1.80. The minimum absolute atomic E-state index is 0.200. The molecule has 2 fully saturated rings. The average Bonchev–Trinajstić information content (AvgIpc) is 3.14. The van der Waals surface area contributed by atoms with Crippen LogP contribution in [0.2, 0.25) is 5.02 Å². The van der Waals surface area contributed by atoms with Crippen molar-refractivity contribution in [3.05, 3.63) is 23.2 Å². The van der Waals surface area contributed by atoms with Crippen molar-refractivity contribution < 1.29 is 4.79 Å². The molecule has 2 atom stereocenters. The number of carbonyl (C=O) groups is 1. The number of anilines is 2. The zero-order valence-corrected chi connectivity index (χ0v) is 11.9. The fourth-order valence-corrected chi connectivity index (χ4v) is 3.67. The summed E-state index contributed by atoms with van der Waals surface area (Å²) >= 11 is 5.99. The van der Waals surface area contributed by atoms with Gasteiger partial charge in [0.15, 0.2) is 0 Å². The van der Waals surface area contributed by atoms with Crippen molar-refractivity contribution in [3.8, 4) is 0 Å². The summed E-state index contributed by atoms with van der Waals surface area (Å²) in [6.45, 7) is 0. The van der Waals surface area contributed by atoms with Crippen LogP contribution in [-0.2, 0) is 4.79 Å². The summed E-state index contributed by atoms with van der Waals surface area (Å²) in [4.78, 5) is 14.2. The molecule has 4 heteroatoms. The van der Waals surface area contributed by atoms with Crippen molar-refractivity contribution in [3.63, 3.8) is 0 Å². The van der Waals surface area contributed by atoms with Crippen LogP contribution in [0.1, 0.15) is 25.7 Å². The van der Waals surface area contributed by atoms with Crippen LogP contribution in [0.4, 0.5) is 11.4 Å². The van der Waals surface area contributed by atoms with Gasteiger partial charge in [-0.2, -0.15) is 0 Å². The zero-order valence-electron chi connectivity index (χ0n) is 11.1. The van der Waals surface area contributed by atoms with Crippen molar-refractivity contribution in [2.24, 2.45) is 17.8 Å². The molecular formula is C15H19ClN2O. The van der Waals surface area contributed by atoms with Gasteiger partial charge in [0.25, 0.3) is 0 Å². The van der Waals surface area contributed by atoms with E-state index in [1.807, 2.05) is 0 Å². The van der Waals surface area contributed by atoms with Gasteiger partial charge in [-0.25, -0.2) is 0 Å². The third kappa shape index (κ3) is 2.20. The van der Waals surface area contributed by atoms with E-state index in [1.165, 1.54) is 25.7 Å². The summed E-state index contributed by atoms with van der Waals surface area (Å²) in [5.41, 5.74) is 7.27. The number of hydrogen-bond acceptors (Lipinski definition) is 2. The highest BCUT2D eigenvalue weighted by Gasteiger charge is 2.55. The Morgan fingerprint density at radius 2 is 1.95 bits per heavy atom. The third-order valence-electron chi connectivity index (χ3n) is 4.63. The van der Waals surface area contributed by atoms with Gasteiger partial charge in [0, 0.05) is 18.0 Å². The molecule has 102 valence electrons. The fraction of sp³-hybridized carbons (Fsp3) is 0.533. The second kappa shape index (κ2) is 4.71. The lowest BCUT2D eigenvalue weighted by Gasteiger charge is -2.19. The maximum Gasteiger partial charge on any atom is 0.230 e. The molecular weight excluding hydrogens is 260 g/mol. The monoisotopic (exact) mass is 278 g/mol. The van der Waals surface area contributed by atoms with Gasteiger partial charge in [-0.15, -0.1) is 0 Å². The van der Waals surface area contributed by atoms with Gasteiger partial charge < -0.3 is 10.6 Å². The minimum Gasteiger partial charge on any atom is -0.397 e. The van der Waals surface area contributed by atoms with Crippen LogP contribution in [0.25, 0.3) is 0 Å². The molecule has 1 aromatic carbocycles. The van der Waals surface area contributed by atoms with Gasteiger partial charge in [0.2, 0.25) is 5.91 Å². The van der Waals surface area contributed by atoms with Crippen molar-refractivity contribution >= 4 is 28.9 Å². The van der Waals surface area contributed by atoms with Gasteiger partial charge in [0.05, 0.1) is 11.4 Å². The lowest BCUT2D eigenvalue weighted by atomic mass is 10.0. The standard InChI is InChI=1S/C15H19ClN2O/c1-18(13-8-9(16)6-7-12(13)17)15(19)14-10-4-2-3-5-11(10)14/h6-8,10-11,14H,2-5,17H2,1H3. The molecule has 0 aromatic heterocycles. The number of nitrogens with zero attached hydrogens (tertiary/aromatic N) is 1. The summed E-state index contributed by atoms with van der Waals surface area (Å²) < 4.78 is 0. The SMILES string of the molecule is CN(C(=O)C1C2CCCCC21)c1cc(Cl)ccc1N. The molecule has 19 heavy (non-hydrogen) atoms. The number of rotatable bonds is 2. The molecule has 2 N–H and O–H groups in total. The summed E-state index contributed by atoms with van der Waals surface area (Å²) in [5.74, 6) is 1.64. The number of fused-ring (bicyclic) bond motifs is 1. The van der Waals surface area contributed by atoms with Gasteiger partial charge in [-0.1, -0.05) is 24.4 Å². The molecule has 3 nitrogen and oxygen atoms in total. The normalized spacial score (nSPS) is 28.6. The molecule has 0 radical (unpaired) electrons. The molecule has 2 aliphatic rings. The van der Waals surface area contributed by atoms with E-state index in [0.29, 0.717) is 22.5 Å². The summed E-state index contributed by atoms with van der Waals surface area (Å²) in [6, 6.07) is 5.26.